The zero-order valence-electron chi connectivity index (χ0n) is 26.8. The van der Waals surface area contributed by atoms with Gasteiger partial charge in [-0.05, 0) is 83.9 Å². The van der Waals surface area contributed by atoms with Gasteiger partial charge in [-0.3, -0.25) is 19.9 Å². The minimum atomic E-state index is 0.830. The van der Waals surface area contributed by atoms with E-state index >= 15 is 0 Å². The third-order valence-electron chi connectivity index (χ3n) is 9.52. The van der Waals surface area contributed by atoms with Crippen molar-refractivity contribution in [2.24, 2.45) is 0 Å². The number of benzene rings is 4. The van der Waals surface area contributed by atoms with Gasteiger partial charge in [0.05, 0.1) is 44.5 Å². The Bertz CT molecular complexity index is 2560. The molecule has 0 unspecified atom stereocenters. The summed E-state index contributed by atoms with van der Waals surface area (Å²) in [6.07, 6.45) is 7.58. The molecule has 0 fully saturated rings. The van der Waals surface area contributed by atoms with Crippen molar-refractivity contribution in [2.75, 3.05) is 0 Å². The van der Waals surface area contributed by atoms with Gasteiger partial charge in [0.25, 0.3) is 0 Å². The van der Waals surface area contributed by atoms with Gasteiger partial charge in [-0.15, -0.1) is 0 Å². The third-order valence-corrected chi connectivity index (χ3v) is 9.52. The van der Waals surface area contributed by atoms with Gasteiger partial charge in [-0.1, -0.05) is 72.8 Å². The molecule has 0 aliphatic heterocycles. The summed E-state index contributed by atoms with van der Waals surface area (Å²) in [5, 5.41) is 2.29. The normalized spacial score (nSPS) is 11.6. The summed E-state index contributed by atoms with van der Waals surface area (Å²) in [6.45, 7) is 0. The van der Waals surface area contributed by atoms with Gasteiger partial charge < -0.3 is 9.13 Å². The molecule has 0 atom stereocenters. The maximum atomic E-state index is 4.84. The molecule has 0 aliphatic carbocycles. The maximum absolute atomic E-state index is 4.84. The quantitative estimate of drug-likeness (QED) is 0.188. The molecule has 0 radical (unpaired) electrons. The number of nitrogens with zero attached hydrogens (tertiary/aromatic N) is 6. The first-order valence-corrected chi connectivity index (χ1v) is 16.6. The molecule has 6 heteroatoms. The van der Waals surface area contributed by atoms with Crippen LogP contribution in [-0.4, -0.2) is 29.1 Å². The molecular formula is C44H28N6. The summed E-state index contributed by atoms with van der Waals surface area (Å²) in [7, 11) is 0. The topological polar surface area (TPSA) is 61.4 Å². The molecule has 50 heavy (non-hydrogen) atoms. The van der Waals surface area contributed by atoms with Gasteiger partial charge in [0.15, 0.2) is 0 Å². The molecule has 6 nitrogen and oxygen atoms in total. The van der Waals surface area contributed by atoms with Crippen LogP contribution >= 0.6 is 0 Å². The summed E-state index contributed by atoms with van der Waals surface area (Å²) in [4.78, 5) is 19.1. The minimum Gasteiger partial charge on any atom is -0.308 e. The Morgan fingerprint density at radius 1 is 0.340 bits per heavy atom. The van der Waals surface area contributed by atoms with Crippen molar-refractivity contribution < 1.29 is 0 Å². The smallest absolute Gasteiger partial charge is 0.0963 e. The van der Waals surface area contributed by atoms with E-state index in [0.717, 1.165) is 88.9 Å². The SMILES string of the molecule is c1cc(-c2ccc(-c3ccc(-c4cccc(-n5c6ccccc6c6ncccc65)c4)cn3)nc2)cc(-n2c3ccccc3c3ncccc32)c1. The Morgan fingerprint density at radius 3 is 1.26 bits per heavy atom. The number of aromatic nitrogens is 6. The van der Waals surface area contributed by atoms with Crippen molar-refractivity contribution >= 4 is 43.9 Å². The monoisotopic (exact) mass is 640 g/mol. The molecule has 4 aromatic carbocycles. The van der Waals surface area contributed by atoms with E-state index in [4.69, 9.17) is 19.9 Å². The lowest BCUT2D eigenvalue weighted by Crippen LogP contribution is -1.95. The van der Waals surface area contributed by atoms with Gasteiger partial charge in [0, 0.05) is 58.1 Å². The molecule has 0 saturated heterocycles. The van der Waals surface area contributed by atoms with E-state index in [1.54, 1.807) is 0 Å². The minimum absolute atomic E-state index is 0.830. The van der Waals surface area contributed by atoms with Crippen LogP contribution in [0.25, 0.3) is 88.9 Å². The van der Waals surface area contributed by atoms with E-state index in [9.17, 15) is 0 Å². The number of fused-ring (bicyclic) bond motifs is 6. The number of hydrogen-bond donors (Lipinski definition) is 0. The average Bonchev–Trinajstić information content (AvgIpc) is 3.71. The highest BCUT2D eigenvalue weighted by Gasteiger charge is 2.15. The van der Waals surface area contributed by atoms with E-state index in [1.807, 2.05) is 49.1 Å². The highest BCUT2D eigenvalue weighted by atomic mass is 15.0. The molecule has 0 saturated carbocycles. The molecule has 0 bridgehead atoms. The largest absolute Gasteiger partial charge is 0.308 e. The maximum Gasteiger partial charge on any atom is 0.0963 e. The first-order valence-electron chi connectivity index (χ1n) is 16.6. The predicted molar refractivity (Wildman–Crippen MR) is 203 cm³/mol. The van der Waals surface area contributed by atoms with Gasteiger partial charge in [-0.25, -0.2) is 0 Å². The van der Waals surface area contributed by atoms with Crippen molar-refractivity contribution in [3.05, 3.63) is 170 Å². The van der Waals surface area contributed by atoms with Crippen LogP contribution in [0.4, 0.5) is 0 Å². The standard InChI is InChI=1S/C44H28N6/c1-3-15-39-35(13-1)43-41(17-7-23-45-43)49(39)33-11-5-9-29(25-33)31-19-21-37(47-27-31)38-22-20-32(28-48-38)30-10-6-12-34(26-30)50-40-16-4-2-14-36(40)44-42(50)18-8-24-46-44/h1-28H. The first kappa shape index (κ1) is 28.1. The van der Waals surface area contributed by atoms with Gasteiger partial charge in [0.2, 0.25) is 0 Å². The van der Waals surface area contributed by atoms with Gasteiger partial charge >= 0.3 is 0 Å². The Kier molecular flexibility index (Phi) is 6.39. The Labute approximate surface area is 287 Å². The first-order chi connectivity index (χ1) is 24.8. The van der Waals surface area contributed by atoms with Gasteiger partial charge in [0.1, 0.15) is 0 Å². The van der Waals surface area contributed by atoms with Crippen molar-refractivity contribution in [1.82, 2.24) is 29.1 Å². The summed E-state index contributed by atoms with van der Waals surface area (Å²) in [5.74, 6) is 0. The predicted octanol–water partition coefficient (Wildman–Crippen LogP) is 10.5. The highest BCUT2D eigenvalue weighted by Crippen LogP contribution is 2.34. The van der Waals surface area contributed by atoms with Crippen molar-refractivity contribution in [3.63, 3.8) is 0 Å². The summed E-state index contributed by atoms with van der Waals surface area (Å²) in [5.41, 5.74) is 14.6. The molecule has 10 aromatic rings. The van der Waals surface area contributed by atoms with Crippen LogP contribution < -0.4 is 0 Å². The van der Waals surface area contributed by atoms with Crippen LogP contribution in [0.2, 0.25) is 0 Å². The lowest BCUT2D eigenvalue weighted by atomic mass is 10.0. The van der Waals surface area contributed by atoms with E-state index in [-0.39, 0.29) is 0 Å². The van der Waals surface area contributed by atoms with E-state index in [1.165, 1.54) is 0 Å². The molecule has 0 N–H and O–H groups in total. The van der Waals surface area contributed by atoms with Crippen LogP contribution in [0.3, 0.4) is 0 Å². The molecule has 0 spiro atoms. The number of rotatable bonds is 5. The van der Waals surface area contributed by atoms with E-state index in [0.29, 0.717) is 0 Å². The molecule has 6 aromatic heterocycles. The number of pyridine rings is 4. The van der Waals surface area contributed by atoms with Crippen LogP contribution in [-0.2, 0) is 0 Å². The van der Waals surface area contributed by atoms with Crippen LogP contribution in [0.1, 0.15) is 0 Å². The fourth-order valence-electron chi connectivity index (χ4n) is 7.20. The Morgan fingerprint density at radius 2 is 0.800 bits per heavy atom. The van der Waals surface area contributed by atoms with Gasteiger partial charge in [-0.2, -0.15) is 0 Å². The van der Waals surface area contributed by atoms with Crippen molar-refractivity contribution in [1.29, 1.82) is 0 Å². The Balaban J connectivity index is 0.949. The third kappa shape index (κ3) is 4.50. The molecule has 234 valence electrons. The highest BCUT2D eigenvalue weighted by molar-refractivity contribution is 6.08. The molecule has 10 rings (SSSR count). The summed E-state index contributed by atoms with van der Waals surface area (Å²) < 4.78 is 4.56. The molecule has 0 amide bonds. The second-order valence-electron chi connectivity index (χ2n) is 12.4. The van der Waals surface area contributed by atoms with E-state index < -0.39 is 0 Å². The zero-order chi connectivity index (χ0) is 33.0. The lowest BCUT2D eigenvalue weighted by Gasteiger charge is -2.11. The number of hydrogen-bond acceptors (Lipinski definition) is 4. The Hall–Kier alpha value is -6.92. The zero-order valence-corrected chi connectivity index (χ0v) is 26.8. The fraction of sp³-hybridized carbons (Fsp3) is 0. The summed E-state index contributed by atoms with van der Waals surface area (Å²) >= 11 is 0. The van der Waals surface area contributed by atoms with Crippen LogP contribution in [0, 0.1) is 0 Å². The van der Waals surface area contributed by atoms with Crippen molar-refractivity contribution in [2.45, 2.75) is 0 Å². The molecule has 6 heterocycles. The summed E-state index contributed by atoms with van der Waals surface area (Å²) in [6, 6.07) is 50.6. The van der Waals surface area contributed by atoms with Crippen LogP contribution in [0.15, 0.2) is 170 Å². The molecule has 0 aliphatic rings. The van der Waals surface area contributed by atoms with Crippen LogP contribution in [0.5, 0.6) is 0 Å². The second-order valence-corrected chi connectivity index (χ2v) is 12.4. The molecular weight excluding hydrogens is 613 g/mol. The fourth-order valence-corrected chi connectivity index (χ4v) is 7.20. The van der Waals surface area contributed by atoms with Crippen molar-refractivity contribution in [3.8, 4) is 45.0 Å². The average molecular weight is 641 g/mol. The second kappa shape index (κ2) is 11.4. The number of para-hydroxylation sites is 2. The van der Waals surface area contributed by atoms with E-state index in [2.05, 4.69) is 130 Å². The lowest BCUT2D eigenvalue weighted by molar-refractivity contribution is 1.17.